The summed E-state index contributed by atoms with van der Waals surface area (Å²) in [5.41, 5.74) is 7.69. The third-order valence-electron chi connectivity index (χ3n) is 1.96. The number of nitrogens with one attached hydrogen (secondary N) is 1. The van der Waals surface area contributed by atoms with E-state index in [2.05, 4.69) is 21.9 Å². The summed E-state index contributed by atoms with van der Waals surface area (Å²) >= 11 is 0. The molecule has 0 aliphatic heterocycles. The van der Waals surface area contributed by atoms with E-state index in [-0.39, 0.29) is 0 Å². The van der Waals surface area contributed by atoms with Crippen LogP contribution < -0.4 is 5.73 Å². The predicted molar refractivity (Wildman–Crippen MR) is 47.7 cm³/mol. The summed E-state index contributed by atoms with van der Waals surface area (Å²) in [7, 11) is 0. The van der Waals surface area contributed by atoms with E-state index in [1.165, 1.54) is 11.9 Å². The molecule has 0 amide bonds. The van der Waals surface area contributed by atoms with Gasteiger partial charge >= 0.3 is 0 Å². The Balaban J connectivity index is 2.83. The van der Waals surface area contributed by atoms with Crippen LogP contribution in [0.3, 0.4) is 0 Å². The van der Waals surface area contributed by atoms with Gasteiger partial charge in [0.25, 0.3) is 0 Å². The molecule has 2 rings (SSSR count). The Kier molecular flexibility index (Phi) is 1.46. The number of nitrogens with two attached hydrogens (primary N) is 1. The van der Waals surface area contributed by atoms with E-state index in [0.717, 1.165) is 17.5 Å². The van der Waals surface area contributed by atoms with E-state index >= 15 is 0 Å². The van der Waals surface area contributed by atoms with Gasteiger partial charge in [0.05, 0.1) is 5.39 Å². The maximum atomic E-state index is 5.71. The molecule has 0 fully saturated rings. The van der Waals surface area contributed by atoms with Gasteiger partial charge in [-0.1, -0.05) is 6.92 Å². The summed E-state index contributed by atoms with van der Waals surface area (Å²) in [5, 5.41) is 0.958. The summed E-state index contributed by atoms with van der Waals surface area (Å²) in [4.78, 5) is 11.0. The molecule has 4 nitrogen and oxygen atoms in total. The highest BCUT2D eigenvalue weighted by Crippen LogP contribution is 2.20. The maximum absolute atomic E-state index is 5.71. The predicted octanol–water partition coefficient (Wildman–Crippen LogP) is 1.10. The Morgan fingerprint density at radius 2 is 2.33 bits per heavy atom. The molecule has 3 N–H and O–H groups in total. The molecule has 0 saturated carbocycles. The third kappa shape index (κ3) is 0.845. The third-order valence-corrected chi connectivity index (χ3v) is 1.96. The van der Waals surface area contributed by atoms with Gasteiger partial charge in [-0.05, 0) is 12.0 Å². The van der Waals surface area contributed by atoms with Crippen molar-refractivity contribution in [2.75, 3.05) is 5.73 Å². The number of nitrogen functional groups attached to an aromatic ring is 1. The van der Waals surface area contributed by atoms with Gasteiger partial charge in [0, 0.05) is 6.20 Å². The van der Waals surface area contributed by atoms with Gasteiger partial charge in [0.2, 0.25) is 0 Å². The van der Waals surface area contributed by atoms with Crippen LogP contribution in [0.4, 0.5) is 5.82 Å². The van der Waals surface area contributed by atoms with Crippen molar-refractivity contribution in [2.24, 2.45) is 0 Å². The molecule has 0 bridgehead atoms. The van der Waals surface area contributed by atoms with Crippen LogP contribution in [0.1, 0.15) is 12.5 Å². The summed E-state index contributed by atoms with van der Waals surface area (Å²) in [5.74, 6) is 0.554. The molecular weight excluding hydrogens is 152 g/mol. The van der Waals surface area contributed by atoms with Crippen LogP contribution in [0.2, 0.25) is 0 Å². The minimum absolute atomic E-state index is 0.554. The molecule has 0 unspecified atom stereocenters. The molecule has 0 atom stereocenters. The minimum atomic E-state index is 0.554. The van der Waals surface area contributed by atoms with Crippen molar-refractivity contribution in [1.29, 1.82) is 0 Å². The summed E-state index contributed by atoms with van der Waals surface area (Å²) in [6.45, 7) is 2.08. The smallest absolute Gasteiger partial charge is 0.143 e. The Bertz CT molecular complexity index is 404. The Morgan fingerprint density at radius 3 is 3.08 bits per heavy atom. The molecule has 0 aliphatic carbocycles. The zero-order valence-electron chi connectivity index (χ0n) is 6.83. The van der Waals surface area contributed by atoms with Gasteiger partial charge in [-0.15, -0.1) is 0 Å². The number of fused-ring (bicyclic) bond motifs is 1. The lowest BCUT2D eigenvalue weighted by molar-refractivity contribution is 1.15. The molecule has 0 aromatic carbocycles. The van der Waals surface area contributed by atoms with Crippen LogP contribution in [0, 0.1) is 0 Å². The van der Waals surface area contributed by atoms with Gasteiger partial charge in [-0.25, -0.2) is 9.97 Å². The second-order valence-corrected chi connectivity index (χ2v) is 2.65. The number of rotatable bonds is 1. The van der Waals surface area contributed by atoms with E-state index in [4.69, 9.17) is 5.73 Å². The number of aryl methyl sites for hydroxylation is 1. The van der Waals surface area contributed by atoms with E-state index in [1.54, 1.807) is 0 Å². The van der Waals surface area contributed by atoms with Crippen molar-refractivity contribution in [3.63, 3.8) is 0 Å². The van der Waals surface area contributed by atoms with Gasteiger partial charge in [0.15, 0.2) is 0 Å². The van der Waals surface area contributed by atoms with E-state index in [1.807, 2.05) is 6.20 Å². The first-order chi connectivity index (χ1) is 5.83. The van der Waals surface area contributed by atoms with Gasteiger partial charge in [0.1, 0.15) is 17.8 Å². The molecule has 2 aromatic heterocycles. The average molecular weight is 162 g/mol. The second-order valence-electron chi connectivity index (χ2n) is 2.65. The number of hydrogen-bond donors (Lipinski definition) is 2. The molecular formula is C8H10N4. The monoisotopic (exact) mass is 162 g/mol. The van der Waals surface area contributed by atoms with Crippen molar-refractivity contribution < 1.29 is 0 Å². The minimum Gasteiger partial charge on any atom is -0.383 e. The molecule has 0 spiro atoms. The van der Waals surface area contributed by atoms with E-state index in [9.17, 15) is 0 Å². The number of aromatic nitrogens is 3. The number of anilines is 1. The maximum Gasteiger partial charge on any atom is 0.143 e. The lowest BCUT2D eigenvalue weighted by Crippen LogP contribution is -1.92. The number of aromatic amines is 1. The molecule has 2 heterocycles. The summed E-state index contributed by atoms with van der Waals surface area (Å²) < 4.78 is 0. The molecule has 0 saturated heterocycles. The van der Waals surface area contributed by atoms with Gasteiger partial charge < -0.3 is 10.7 Å². The second kappa shape index (κ2) is 2.48. The number of nitrogens with zero attached hydrogens (tertiary/aromatic N) is 2. The molecule has 2 aromatic rings. The molecule has 12 heavy (non-hydrogen) atoms. The van der Waals surface area contributed by atoms with E-state index < -0.39 is 0 Å². The highest BCUT2D eigenvalue weighted by atomic mass is 15.0. The fraction of sp³-hybridized carbons (Fsp3) is 0.250. The first-order valence-corrected chi connectivity index (χ1v) is 3.89. The van der Waals surface area contributed by atoms with Crippen molar-refractivity contribution in [3.05, 3.63) is 18.1 Å². The first-order valence-electron chi connectivity index (χ1n) is 3.89. The topological polar surface area (TPSA) is 67.6 Å². The number of H-pyrrole nitrogens is 1. The van der Waals surface area contributed by atoms with Crippen molar-refractivity contribution in [2.45, 2.75) is 13.3 Å². The molecule has 4 heteroatoms. The lowest BCUT2D eigenvalue weighted by atomic mass is 10.2. The highest BCUT2D eigenvalue weighted by Gasteiger charge is 2.05. The SMILES string of the molecule is CCc1c[nH]c2ncnc(N)c12. The largest absolute Gasteiger partial charge is 0.383 e. The summed E-state index contributed by atoms with van der Waals surface area (Å²) in [6.07, 6.45) is 4.33. The molecule has 62 valence electrons. The van der Waals surface area contributed by atoms with Crippen molar-refractivity contribution in [1.82, 2.24) is 15.0 Å². The van der Waals surface area contributed by atoms with Crippen LogP contribution in [-0.2, 0) is 6.42 Å². The van der Waals surface area contributed by atoms with Crippen LogP contribution in [0.15, 0.2) is 12.5 Å². The standard InChI is InChI=1S/C8H10N4/c1-2-5-3-10-8-6(5)7(9)11-4-12-8/h3-4H,2H2,1H3,(H3,9,10,11,12). The Labute approximate surface area is 69.8 Å². The van der Waals surface area contributed by atoms with Crippen molar-refractivity contribution >= 4 is 16.9 Å². The summed E-state index contributed by atoms with van der Waals surface area (Å²) in [6, 6.07) is 0. The normalized spacial score (nSPS) is 10.8. The van der Waals surface area contributed by atoms with Crippen molar-refractivity contribution in [3.8, 4) is 0 Å². The first kappa shape index (κ1) is 7.09. The fourth-order valence-corrected chi connectivity index (χ4v) is 1.33. The fourth-order valence-electron chi connectivity index (χ4n) is 1.33. The zero-order chi connectivity index (χ0) is 8.55. The Hall–Kier alpha value is -1.58. The van der Waals surface area contributed by atoms with E-state index in [0.29, 0.717) is 5.82 Å². The lowest BCUT2D eigenvalue weighted by Gasteiger charge is -1.95. The molecule has 0 aliphatic rings. The van der Waals surface area contributed by atoms with Crippen LogP contribution in [0.25, 0.3) is 11.0 Å². The van der Waals surface area contributed by atoms with Crippen LogP contribution in [0.5, 0.6) is 0 Å². The number of hydrogen-bond acceptors (Lipinski definition) is 3. The molecule has 0 radical (unpaired) electrons. The average Bonchev–Trinajstić information content (AvgIpc) is 2.49. The quantitative estimate of drug-likeness (QED) is 0.659. The Morgan fingerprint density at radius 1 is 1.50 bits per heavy atom. The van der Waals surface area contributed by atoms with Gasteiger partial charge in [-0.3, -0.25) is 0 Å². The van der Waals surface area contributed by atoms with Crippen LogP contribution in [-0.4, -0.2) is 15.0 Å². The highest BCUT2D eigenvalue weighted by molar-refractivity contribution is 5.89. The van der Waals surface area contributed by atoms with Gasteiger partial charge in [-0.2, -0.15) is 0 Å². The zero-order valence-corrected chi connectivity index (χ0v) is 6.83. The van der Waals surface area contributed by atoms with Crippen LogP contribution >= 0.6 is 0 Å².